The maximum Gasteiger partial charge on any atom is 0.229 e. The predicted octanol–water partition coefficient (Wildman–Crippen LogP) is 2.57. The van der Waals surface area contributed by atoms with Crippen molar-refractivity contribution in [2.24, 2.45) is 4.99 Å². The van der Waals surface area contributed by atoms with E-state index in [-0.39, 0.29) is 35.9 Å². The summed E-state index contributed by atoms with van der Waals surface area (Å²) in [7, 11) is 1.59. The van der Waals surface area contributed by atoms with Crippen LogP contribution in [0.2, 0.25) is 0 Å². The quantitative estimate of drug-likeness (QED) is 0.366. The second-order valence-corrected chi connectivity index (χ2v) is 6.29. The fourth-order valence-electron chi connectivity index (χ4n) is 3.01. The number of amides is 1. The van der Waals surface area contributed by atoms with Crippen LogP contribution in [0.1, 0.15) is 18.9 Å². The van der Waals surface area contributed by atoms with Gasteiger partial charge in [-0.1, -0.05) is 18.2 Å². The highest BCUT2D eigenvalue weighted by atomic mass is 127. The summed E-state index contributed by atoms with van der Waals surface area (Å²) in [4.78, 5) is 22.9. The number of nitrogens with one attached hydrogen (secondary N) is 2. The van der Waals surface area contributed by atoms with Crippen molar-refractivity contribution in [1.29, 1.82) is 0 Å². The topological polar surface area (TPSA) is 78.9 Å². The summed E-state index contributed by atoms with van der Waals surface area (Å²) in [5.41, 5.74) is 1.94. The molecule has 8 heteroatoms. The molecule has 0 aliphatic carbocycles. The molecule has 1 unspecified atom stereocenters. The Morgan fingerprint density at radius 2 is 2.11 bits per heavy atom. The largest absolute Gasteiger partial charge is 0.481 e. The lowest BCUT2D eigenvalue weighted by molar-refractivity contribution is -0.117. The third-order valence-corrected chi connectivity index (χ3v) is 4.31. The average Bonchev–Trinajstić information content (AvgIpc) is 3.07. The Balaban J connectivity index is 0.00000280. The normalized spacial score (nSPS) is 16.5. The van der Waals surface area contributed by atoms with Crippen LogP contribution in [0.4, 0.5) is 5.69 Å². The van der Waals surface area contributed by atoms with Crippen LogP contribution in [0.3, 0.4) is 0 Å². The molecule has 1 fully saturated rings. The number of guanidine groups is 1. The molecule has 1 saturated heterocycles. The third kappa shape index (κ3) is 5.82. The van der Waals surface area contributed by atoms with Gasteiger partial charge in [-0.2, -0.15) is 0 Å². The molecule has 2 aromatic rings. The molecule has 1 aliphatic heterocycles. The Bertz CT molecular complexity index is 800. The van der Waals surface area contributed by atoms with Gasteiger partial charge in [0.15, 0.2) is 5.96 Å². The van der Waals surface area contributed by atoms with Crippen LogP contribution >= 0.6 is 24.0 Å². The fourth-order valence-corrected chi connectivity index (χ4v) is 3.01. The SMILES string of the molecule is CCNC(=NCc1ccnc(OC)c1)NC1CC(=O)N(c2ccccc2)C1.I. The highest BCUT2D eigenvalue weighted by Gasteiger charge is 2.31. The molecule has 1 aromatic heterocycles. The molecule has 3 rings (SSSR count). The van der Waals surface area contributed by atoms with E-state index in [4.69, 9.17) is 4.74 Å². The minimum absolute atomic E-state index is 0. The lowest BCUT2D eigenvalue weighted by atomic mass is 10.2. The first-order chi connectivity index (χ1) is 13.2. The monoisotopic (exact) mass is 495 g/mol. The van der Waals surface area contributed by atoms with Gasteiger partial charge in [0.2, 0.25) is 11.8 Å². The van der Waals surface area contributed by atoms with Crippen molar-refractivity contribution < 1.29 is 9.53 Å². The lowest BCUT2D eigenvalue weighted by Gasteiger charge is -2.19. The number of anilines is 1. The molecule has 1 atom stereocenters. The number of aromatic nitrogens is 1. The van der Waals surface area contributed by atoms with Gasteiger partial charge in [-0.05, 0) is 30.7 Å². The molecule has 28 heavy (non-hydrogen) atoms. The van der Waals surface area contributed by atoms with Crippen molar-refractivity contribution in [1.82, 2.24) is 15.6 Å². The zero-order chi connectivity index (χ0) is 19.1. The Morgan fingerprint density at radius 3 is 2.82 bits per heavy atom. The molecule has 1 amide bonds. The fraction of sp³-hybridized carbons (Fsp3) is 0.350. The van der Waals surface area contributed by atoms with E-state index >= 15 is 0 Å². The maximum absolute atomic E-state index is 12.4. The van der Waals surface area contributed by atoms with Crippen LogP contribution in [0.5, 0.6) is 5.88 Å². The Morgan fingerprint density at radius 1 is 1.32 bits per heavy atom. The molecular weight excluding hydrogens is 469 g/mol. The average molecular weight is 495 g/mol. The van der Waals surface area contributed by atoms with Gasteiger partial charge in [-0.3, -0.25) is 4.79 Å². The molecule has 0 bridgehead atoms. The van der Waals surface area contributed by atoms with Gasteiger partial charge < -0.3 is 20.3 Å². The summed E-state index contributed by atoms with van der Waals surface area (Å²) in [5, 5.41) is 6.62. The molecule has 0 saturated carbocycles. The van der Waals surface area contributed by atoms with Crippen molar-refractivity contribution >= 4 is 41.5 Å². The van der Waals surface area contributed by atoms with Crippen molar-refractivity contribution in [3.63, 3.8) is 0 Å². The molecule has 150 valence electrons. The first-order valence-corrected chi connectivity index (χ1v) is 9.08. The predicted molar refractivity (Wildman–Crippen MR) is 121 cm³/mol. The zero-order valence-electron chi connectivity index (χ0n) is 16.1. The highest BCUT2D eigenvalue weighted by molar-refractivity contribution is 14.0. The van der Waals surface area contributed by atoms with Crippen LogP contribution in [0.25, 0.3) is 0 Å². The van der Waals surface area contributed by atoms with E-state index in [0.717, 1.165) is 17.8 Å². The van der Waals surface area contributed by atoms with E-state index in [1.165, 1.54) is 0 Å². The first kappa shape index (κ1) is 21.9. The van der Waals surface area contributed by atoms with E-state index in [0.29, 0.717) is 31.3 Å². The van der Waals surface area contributed by atoms with Gasteiger partial charge in [0.1, 0.15) is 0 Å². The van der Waals surface area contributed by atoms with Crippen LogP contribution < -0.4 is 20.3 Å². The Hall–Kier alpha value is -2.36. The van der Waals surface area contributed by atoms with Crippen molar-refractivity contribution in [2.75, 3.05) is 25.1 Å². The van der Waals surface area contributed by atoms with Gasteiger partial charge in [-0.15, -0.1) is 24.0 Å². The second-order valence-electron chi connectivity index (χ2n) is 6.29. The van der Waals surface area contributed by atoms with Gasteiger partial charge in [0.25, 0.3) is 0 Å². The number of pyridine rings is 1. The minimum atomic E-state index is 0. The van der Waals surface area contributed by atoms with Crippen molar-refractivity contribution in [2.45, 2.75) is 25.9 Å². The van der Waals surface area contributed by atoms with Gasteiger partial charge >= 0.3 is 0 Å². The lowest BCUT2D eigenvalue weighted by Crippen LogP contribution is -2.44. The van der Waals surface area contributed by atoms with E-state index < -0.39 is 0 Å². The number of carbonyl (C=O) groups excluding carboxylic acids is 1. The highest BCUT2D eigenvalue weighted by Crippen LogP contribution is 2.21. The van der Waals surface area contributed by atoms with Gasteiger partial charge in [-0.25, -0.2) is 9.98 Å². The number of halogens is 1. The molecule has 0 spiro atoms. The number of carbonyl (C=O) groups is 1. The summed E-state index contributed by atoms with van der Waals surface area (Å²) in [6.45, 7) is 3.88. The Kier molecular flexibility index (Phi) is 8.49. The third-order valence-electron chi connectivity index (χ3n) is 4.31. The molecule has 7 nitrogen and oxygen atoms in total. The first-order valence-electron chi connectivity index (χ1n) is 9.08. The van der Waals surface area contributed by atoms with Crippen LogP contribution in [-0.2, 0) is 11.3 Å². The van der Waals surface area contributed by atoms with Crippen LogP contribution in [0.15, 0.2) is 53.7 Å². The molecule has 2 N–H and O–H groups in total. The number of aliphatic imine (C=N–C) groups is 1. The van der Waals surface area contributed by atoms with Crippen molar-refractivity contribution in [3.8, 4) is 5.88 Å². The second kappa shape index (κ2) is 10.8. The number of benzene rings is 1. The number of nitrogens with zero attached hydrogens (tertiary/aromatic N) is 3. The van der Waals surface area contributed by atoms with E-state index in [9.17, 15) is 4.79 Å². The van der Waals surface area contributed by atoms with E-state index in [2.05, 4.69) is 20.6 Å². The molecule has 1 aliphatic rings. The number of hydrogen-bond donors (Lipinski definition) is 2. The van der Waals surface area contributed by atoms with Crippen LogP contribution in [0, 0.1) is 0 Å². The number of methoxy groups -OCH3 is 1. The minimum Gasteiger partial charge on any atom is -0.481 e. The summed E-state index contributed by atoms with van der Waals surface area (Å²) < 4.78 is 5.15. The number of ether oxygens (including phenoxy) is 1. The van der Waals surface area contributed by atoms with Gasteiger partial charge in [0.05, 0.1) is 19.7 Å². The summed E-state index contributed by atoms with van der Waals surface area (Å²) in [5.74, 6) is 1.38. The van der Waals surface area contributed by atoms with Gasteiger partial charge in [0, 0.05) is 37.5 Å². The Labute approximate surface area is 182 Å². The van der Waals surface area contributed by atoms with E-state index in [1.807, 2.05) is 54.3 Å². The molecule has 1 aromatic carbocycles. The summed E-state index contributed by atoms with van der Waals surface area (Å²) >= 11 is 0. The molecular formula is C20H26IN5O2. The number of para-hydroxylation sites is 1. The maximum atomic E-state index is 12.4. The zero-order valence-corrected chi connectivity index (χ0v) is 18.4. The summed E-state index contributed by atoms with van der Waals surface area (Å²) in [6.07, 6.45) is 2.15. The standard InChI is InChI=1S/C20H25N5O2.HI/c1-3-21-20(23-13-15-9-10-22-18(11-15)27-2)24-16-12-19(26)25(14-16)17-7-5-4-6-8-17;/h4-11,16H,3,12-14H2,1-2H3,(H2,21,23,24);1H. The van der Waals surface area contributed by atoms with E-state index in [1.54, 1.807) is 13.3 Å². The van der Waals surface area contributed by atoms with Crippen molar-refractivity contribution in [3.05, 3.63) is 54.2 Å². The summed E-state index contributed by atoms with van der Waals surface area (Å²) in [6, 6.07) is 13.5. The molecule has 0 radical (unpaired) electrons. The smallest absolute Gasteiger partial charge is 0.229 e. The van der Waals surface area contributed by atoms with Crippen LogP contribution in [-0.4, -0.2) is 43.1 Å². The molecule has 2 heterocycles. The number of rotatable bonds is 6. The number of hydrogen-bond acceptors (Lipinski definition) is 4.